The Labute approximate surface area is 137 Å². The molecular formula is C16H19F3N2O3. The molecule has 5 nitrogen and oxygen atoms in total. The van der Waals surface area contributed by atoms with Crippen LogP contribution in [0.1, 0.15) is 32.3 Å². The lowest BCUT2D eigenvalue weighted by Crippen LogP contribution is -2.50. The van der Waals surface area contributed by atoms with E-state index in [0.717, 1.165) is 5.56 Å². The van der Waals surface area contributed by atoms with Crippen molar-refractivity contribution in [1.29, 1.82) is 0 Å². The van der Waals surface area contributed by atoms with Crippen molar-refractivity contribution in [3.8, 4) is 0 Å². The molecule has 1 aromatic rings. The number of amides is 2. The minimum atomic E-state index is -4.92. The molecule has 0 aromatic heterocycles. The van der Waals surface area contributed by atoms with E-state index in [1.165, 1.54) is 12.1 Å². The molecule has 1 N–H and O–H groups in total. The fourth-order valence-electron chi connectivity index (χ4n) is 2.21. The summed E-state index contributed by atoms with van der Waals surface area (Å²) in [6.45, 7) is 6.34. The summed E-state index contributed by atoms with van der Waals surface area (Å²) >= 11 is 0. The average molecular weight is 344 g/mol. The standard InChI is InChI=1S/C16H19F3N2O3/c1-15(2,3)24-14(23)21-8-11(9-21)10-4-6-12(7-5-10)20-13(22)16(17,18)19/h4-7,11H,8-9H2,1-3H3,(H,20,22). The van der Waals surface area contributed by atoms with E-state index in [1.54, 1.807) is 43.1 Å². The number of nitrogens with zero attached hydrogens (tertiary/aromatic N) is 1. The quantitative estimate of drug-likeness (QED) is 0.893. The molecule has 1 heterocycles. The SMILES string of the molecule is CC(C)(C)OC(=O)N1CC(c2ccc(NC(=O)C(F)(F)F)cc2)C1. The summed E-state index contributed by atoms with van der Waals surface area (Å²) in [5.74, 6) is -1.90. The second-order valence-corrected chi connectivity index (χ2v) is 6.66. The maximum Gasteiger partial charge on any atom is 0.471 e. The predicted molar refractivity (Wildman–Crippen MR) is 81.7 cm³/mol. The number of halogens is 3. The zero-order valence-electron chi connectivity index (χ0n) is 13.6. The number of benzene rings is 1. The van der Waals surface area contributed by atoms with Crippen molar-refractivity contribution < 1.29 is 27.5 Å². The molecule has 0 saturated carbocycles. The zero-order chi connectivity index (χ0) is 18.1. The highest BCUT2D eigenvalue weighted by Gasteiger charge is 2.39. The van der Waals surface area contributed by atoms with Gasteiger partial charge >= 0.3 is 18.2 Å². The summed E-state index contributed by atoms with van der Waals surface area (Å²) in [6, 6.07) is 6.11. The number of hydrogen-bond acceptors (Lipinski definition) is 3. The zero-order valence-corrected chi connectivity index (χ0v) is 13.6. The van der Waals surface area contributed by atoms with Gasteiger partial charge in [-0.1, -0.05) is 12.1 Å². The Bertz CT molecular complexity index is 615. The van der Waals surface area contributed by atoms with Crippen molar-refractivity contribution in [2.75, 3.05) is 18.4 Å². The van der Waals surface area contributed by atoms with Crippen LogP contribution in [0, 0.1) is 0 Å². The highest BCUT2D eigenvalue weighted by Crippen LogP contribution is 2.29. The molecule has 2 amide bonds. The van der Waals surface area contributed by atoms with Crippen LogP contribution in [-0.2, 0) is 9.53 Å². The number of likely N-dealkylation sites (tertiary alicyclic amines) is 1. The van der Waals surface area contributed by atoms with E-state index in [1.807, 2.05) is 0 Å². The van der Waals surface area contributed by atoms with Gasteiger partial charge in [-0.05, 0) is 38.5 Å². The van der Waals surface area contributed by atoms with Crippen LogP contribution >= 0.6 is 0 Å². The summed E-state index contributed by atoms with van der Waals surface area (Å²) in [5.41, 5.74) is 0.407. The van der Waals surface area contributed by atoms with E-state index < -0.39 is 17.7 Å². The summed E-state index contributed by atoms with van der Waals surface area (Å²) < 4.78 is 41.8. The van der Waals surface area contributed by atoms with E-state index in [-0.39, 0.29) is 17.7 Å². The molecule has 0 radical (unpaired) electrons. The van der Waals surface area contributed by atoms with Gasteiger partial charge in [0, 0.05) is 24.7 Å². The second kappa shape index (κ2) is 6.33. The molecule has 0 bridgehead atoms. The number of carbonyl (C=O) groups is 2. The third-order valence-corrected chi connectivity index (χ3v) is 3.43. The smallest absolute Gasteiger partial charge is 0.444 e. The molecule has 1 fully saturated rings. The van der Waals surface area contributed by atoms with Gasteiger partial charge < -0.3 is 15.0 Å². The van der Waals surface area contributed by atoms with Crippen LogP contribution in [0.5, 0.6) is 0 Å². The van der Waals surface area contributed by atoms with Gasteiger partial charge in [-0.3, -0.25) is 4.79 Å². The lowest BCUT2D eigenvalue weighted by molar-refractivity contribution is -0.167. The van der Waals surface area contributed by atoms with Crippen LogP contribution in [0.15, 0.2) is 24.3 Å². The molecule has 1 aliphatic heterocycles. The van der Waals surface area contributed by atoms with Gasteiger partial charge in [-0.15, -0.1) is 0 Å². The van der Waals surface area contributed by atoms with E-state index in [0.29, 0.717) is 13.1 Å². The Morgan fingerprint density at radius 3 is 2.12 bits per heavy atom. The molecule has 0 spiro atoms. The van der Waals surface area contributed by atoms with Crippen molar-refractivity contribution in [1.82, 2.24) is 4.90 Å². The molecule has 8 heteroatoms. The number of carbonyl (C=O) groups excluding carboxylic acids is 2. The fourth-order valence-corrected chi connectivity index (χ4v) is 2.21. The molecule has 132 valence electrons. The maximum atomic E-state index is 12.2. The van der Waals surface area contributed by atoms with Crippen molar-refractivity contribution in [3.63, 3.8) is 0 Å². The molecule has 1 saturated heterocycles. The van der Waals surface area contributed by atoms with Crippen LogP contribution in [0.4, 0.5) is 23.7 Å². The van der Waals surface area contributed by atoms with Crippen molar-refractivity contribution in [3.05, 3.63) is 29.8 Å². The Balaban J connectivity index is 1.88. The van der Waals surface area contributed by atoms with Crippen molar-refractivity contribution >= 4 is 17.7 Å². The first kappa shape index (κ1) is 18.1. The van der Waals surface area contributed by atoms with Crippen LogP contribution in [-0.4, -0.2) is 41.8 Å². The van der Waals surface area contributed by atoms with Gasteiger partial charge in [0.25, 0.3) is 0 Å². The van der Waals surface area contributed by atoms with Gasteiger partial charge in [0.05, 0.1) is 0 Å². The van der Waals surface area contributed by atoms with Crippen LogP contribution in [0.25, 0.3) is 0 Å². The monoisotopic (exact) mass is 344 g/mol. The minimum Gasteiger partial charge on any atom is -0.444 e. The van der Waals surface area contributed by atoms with Crippen LogP contribution in [0.2, 0.25) is 0 Å². The maximum absolute atomic E-state index is 12.2. The first-order chi connectivity index (χ1) is 11.0. The van der Waals surface area contributed by atoms with Gasteiger partial charge in [-0.25, -0.2) is 4.79 Å². The molecule has 0 atom stereocenters. The van der Waals surface area contributed by atoms with Gasteiger partial charge in [-0.2, -0.15) is 13.2 Å². The minimum absolute atomic E-state index is 0.0735. The Hall–Kier alpha value is -2.25. The largest absolute Gasteiger partial charge is 0.471 e. The number of ether oxygens (including phenoxy) is 1. The van der Waals surface area contributed by atoms with Crippen molar-refractivity contribution in [2.45, 2.75) is 38.5 Å². The number of alkyl halides is 3. The number of anilines is 1. The second-order valence-electron chi connectivity index (χ2n) is 6.66. The Kier molecular flexibility index (Phi) is 4.77. The summed E-state index contributed by atoms with van der Waals surface area (Å²) in [7, 11) is 0. The number of nitrogens with one attached hydrogen (secondary N) is 1. The number of hydrogen-bond donors (Lipinski definition) is 1. The summed E-state index contributed by atoms with van der Waals surface area (Å²) in [6.07, 6.45) is -5.30. The summed E-state index contributed by atoms with van der Waals surface area (Å²) in [4.78, 5) is 24.3. The highest BCUT2D eigenvalue weighted by atomic mass is 19.4. The molecule has 1 aliphatic rings. The third-order valence-electron chi connectivity index (χ3n) is 3.43. The molecular weight excluding hydrogens is 325 g/mol. The number of rotatable bonds is 2. The molecule has 0 unspecified atom stereocenters. The lowest BCUT2D eigenvalue weighted by atomic mass is 9.92. The topological polar surface area (TPSA) is 58.6 Å². The van der Waals surface area contributed by atoms with Crippen LogP contribution in [0.3, 0.4) is 0 Å². The Morgan fingerprint density at radius 1 is 1.12 bits per heavy atom. The van der Waals surface area contributed by atoms with Crippen LogP contribution < -0.4 is 5.32 Å². The molecule has 1 aromatic carbocycles. The summed E-state index contributed by atoms with van der Waals surface area (Å²) in [5, 5.41) is 1.79. The van der Waals surface area contributed by atoms with E-state index >= 15 is 0 Å². The van der Waals surface area contributed by atoms with Crippen molar-refractivity contribution in [2.24, 2.45) is 0 Å². The first-order valence-corrected chi connectivity index (χ1v) is 7.42. The van der Waals surface area contributed by atoms with Gasteiger partial charge in [0.1, 0.15) is 5.60 Å². The lowest BCUT2D eigenvalue weighted by Gasteiger charge is -2.40. The van der Waals surface area contributed by atoms with E-state index in [9.17, 15) is 22.8 Å². The average Bonchev–Trinajstić information content (AvgIpc) is 2.35. The normalized spacial score (nSPS) is 15.7. The highest BCUT2D eigenvalue weighted by molar-refractivity contribution is 5.94. The first-order valence-electron chi connectivity index (χ1n) is 7.42. The molecule has 2 rings (SSSR count). The molecule has 0 aliphatic carbocycles. The molecule has 24 heavy (non-hydrogen) atoms. The van der Waals surface area contributed by atoms with E-state index in [4.69, 9.17) is 4.74 Å². The third kappa shape index (κ3) is 4.62. The Morgan fingerprint density at radius 2 is 1.67 bits per heavy atom. The van der Waals surface area contributed by atoms with Gasteiger partial charge in [0.2, 0.25) is 0 Å². The van der Waals surface area contributed by atoms with E-state index in [2.05, 4.69) is 0 Å². The van der Waals surface area contributed by atoms with Gasteiger partial charge in [0.15, 0.2) is 0 Å². The predicted octanol–water partition coefficient (Wildman–Crippen LogP) is 3.52. The fraction of sp³-hybridized carbons (Fsp3) is 0.500.